The van der Waals surface area contributed by atoms with Crippen LogP contribution in [0.4, 0.5) is 0 Å². The topological polar surface area (TPSA) is 92.2 Å². The van der Waals surface area contributed by atoms with E-state index in [0.29, 0.717) is 0 Å². The molecule has 7 heteroatoms. The van der Waals surface area contributed by atoms with Crippen molar-refractivity contribution in [1.82, 2.24) is 0 Å². The van der Waals surface area contributed by atoms with E-state index < -0.39 is 9.05 Å². The van der Waals surface area contributed by atoms with Crippen LogP contribution in [0.25, 0.3) is 0 Å². The number of hydrogen-bond donors (Lipinski definition) is 0. The van der Waals surface area contributed by atoms with Gasteiger partial charge in [-0.2, -0.15) is 0 Å². The van der Waals surface area contributed by atoms with E-state index >= 15 is 0 Å². The molecule has 2 radical (unpaired) electrons. The molecule has 0 unspecified atom stereocenters. The summed E-state index contributed by atoms with van der Waals surface area (Å²) < 4.78 is 0. The van der Waals surface area contributed by atoms with Crippen molar-refractivity contribution in [3.8, 4) is 0 Å². The third-order valence-electron chi connectivity index (χ3n) is 0. The molecule has 0 heterocycles. The maximum Gasteiger partial charge on any atom is 3.00 e. The van der Waals surface area contributed by atoms with Crippen LogP contribution in [0.15, 0.2) is 0 Å². The first-order valence-electron chi connectivity index (χ1n) is 0.816. The standard InChI is InChI=1S/Fe.O4Si.W/c;1-5(2,3)4;/q+3;-4;+1. The molecular weight excluding hydrogens is 332 g/mol. The predicted octanol–water partition coefficient (Wildman–Crippen LogP) is -5.14. The maximum atomic E-state index is 8.58. The van der Waals surface area contributed by atoms with E-state index in [9.17, 15) is 0 Å². The first-order chi connectivity index (χ1) is 2.00. The molecule has 0 N–H and O–H groups in total. The smallest absolute Gasteiger partial charge is 0.894 e. The van der Waals surface area contributed by atoms with Gasteiger partial charge in [-0.1, -0.05) is 0 Å². The molecule has 0 amide bonds. The summed E-state index contributed by atoms with van der Waals surface area (Å²) in [5.41, 5.74) is 0. The van der Waals surface area contributed by atoms with Gasteiger partial charge in [0.05, 0.1) is 0 Å². The van der Waals surface area contributed by atoms with Gasteiger partial charge in [-0.15, -0.1) is 0 Å². The van der Waals surface area contributed by atoms with E-state index in [1.54, 1.807) is 0 Å². The summed E-state index contributed by atoms with van der Waals surface area (Å²) in [5.74, 6) is 0. The van der Waals surface area contributed by atoms with Crippen molar-refractivity contribution in [1.29, 1.82) is 0 Å². The van der Waals surface area contributed by atoms with E-state index in [4.69, 9.17) is 19.2 Å². The average molecular weight is 332 g/mol. The molecule has 0 aliphatic carbocycles. The van der Waals surface area contributed by atoms with Crippen molar-refractivity contribution >= 4 is 9.05 Å². The molecule has 0 bridgehead atoms. The van der Waals surface area contributed by atoms with Crippen molar-refractivity contribution < 1.29 is 57.3 Å². The fourth-order valence-electron chi connectivity index (χ4n) is 0. The third kappa shape index (κ3) is 126. The Morgan fingerprint density at radius 3 is 0.857 bits per heavy atom. The quantitative estimate of drug-likeness (QED) is 0.415. The van der Waals surface area contributed by atoms with Crippen LogP contribution < -0.4 is 19.2 Å². The SMILES string of the molecule is [Fe+3].[O-][Si]([O-])([O-])[O-].[W+]. The van der Waals surface area contributed by atoms with Gasteiger partial charge in [-0.25, -0.2) is 0 Å². The first kappa shape index (κ1) is 15.7. The fraction of sp³-hybridized carbons (Fsp3) is 0. The average Bonchev–Trinajstić information content (AvgIpc) is 0.722. The predicted molar refractivity (Wildman–Crippen MR) is 5.75 cm³/mol. The van der Waals surface area contributed by atoms with Gasteiger partial charge in [0.15, 0.2) is 0 Å². The second kappa shape index (κ2) is 5.40. The van der Waals surface area contributed by atoms with Gasteiger partial charge in [-0.05, 0) is 0 Å². The number of rotatable bonds is 0. The molecule has 0 aliphatic heterocycles. The Kier molecular flexibility index (Phi) is 12.1. The molecule has 0 aromatic heterocycles. The monoisotopic (exact) mass is 332 g/mol. The Balaban J connectivity index is -0.0000000800. The first-order valence-corrected chi connectivity index (χ1v) is 2.45. The van der Waals surface area contributed by atoms with E-state index in [1.165, 1.54) is 0 Å². The minimum absolute atomic E-state index is 0. The van der Waals surface area contributed by atoms with E-state index in [1.807, 2.05) is 0 Å². The molecule has 0 fully saturated rings. The van der Waals surface area contributed by atoms with Gasteiger partial charge in [0.25, 0.3) is 0 Å². The van der Waals surface area contributed by atoms with Crippen LogP contribution in [0.3, 0.4) is 0 Å². The van der Waals surface area contributed by atoms with Gasteiger partial charge in [0.1, 0.15) is 0 Å². The van der Waals surface area contributed by atoms with Crippen molar-refractivity contribution in [3.63, 3.8) is 0 Å². The van der Waals surface area contributed by atoms with Crippen LogP contribution in [0.2, 0.25) is 0 Å². The van der Waals surface area contributed by atoms with Gasteiger partial charge in [0.2, 0.25) is 0 Å². The molecule has 0 spiro atoms. The Hall–Kier alpha value is 1.26. The molecule has 0 rings (SSSR count). The zero-order valence-corrected chi connectivity index (χ0v) is 7.93. The largest absolute Gasteiger partial charge is 3.00 e. The molecule has 0 aromatic rings. The molecule has 0 aliphatic rings. The minimum Gasteiger partial charge on any atom is -0.894 e. The molecule has 0 saturated carbocycles. The molecule has 4 nitrogen and oxygen atoms in total. The van der Waals surface area contributed by atoms with Gasteiger partial charge < -0.3 is 28.2 Å². The van der Waals surface area contributed by atoms with Crippen molar-refractivity contribution in [2.45, 2.75) is 0 Å². The van der Waals surface area contributed by atoms with Crippen LogP contribution in [0.1, 0.15) is 0 Å². The molecule has 0 aromatic carbocycles. The Morgan fingerprint density at radius 1 is 0.857 bits per heavy atom. The van der Waals surface area contributed by atoms with Crippen molar-refractivity contribution in [2.24, 2.45) is 0 Å². The second-order valence-electron chi connectivity index (χ2n) is 0.500. The van der Waals surface area contributed by atoms with Gasteiger partial charge >= 0.3 is 38.1 Å². The molecule has 42 valence electrons. The number of hydrogen-bond acceptors (Lipinski definition) is 4. The van der Waals surface area contributed by atoms with E-state index in [2.05, 4.69) is 0 Å². The van der Waals surface area contributed by atoms with Crippen LogP contribution in [-0.4, -0.2) is 9.05 Å². The summed E-state index contributed by atoms with van der Waals surface area (Å²) in [5, 5.41) is 0. The van der Waals surface area contributed by atoms with Crippen molar-refractivity contribution in [2.75, 3.05) is 0 Å². The van der Waals surface area contributed by atoms with Crippen LogP contribution >= 0.6 is 0 Å². The maximum absolute atomic E-state index is 8.58. The summed E-state index contributed by atoms with van der Waals surface area (Å²) in [4.78, 5) is 34.3. The van der Waals surface area contributed by atoms with Crippen LogP contribution in [-0.2, 0) is 38.1 Å². The zero-order chi connectivity index (χ0) is 4.50. The normalized spacial score (nSPS) is 8.57. The summed E-state index contributed by atoms with van der Waals surface area (Å²) >= 11 is 0. The summed E-state index contributed by atoms with van der Waals surface area (Å²) in [6.45, 7) is 0. The minimum atomic E-state index is -5.61. The third-order valence-corrected chi connectivity index (χ3v) is 0. The zero-order valence-electron chi connectivity index (χ0n) is 2.89. The van der Waals surface area contributed by atoms with Crippen LogP contribution in [0.5, 0.6) is 0 Å². The summed E-state index contributed by atoms with van der Waals surface area (Å²) in [7, 11) is -5.61. The fourth-order valence-corrected chi connectivity index (χ4v) is 0. The summed E-state index contributed by atoms with van der Waals surface area (Å²) in [6, 6.07) is 0. The molecule has 0 atom stereocenters. The molecule has 0 saturated heterocycles. The molecule has 7 heavy (non-hydrogen) atoms. The van der Waals surface area contributed by atoms with Gasteiger partial charge in [0, 0.05) is 0 Å². The Morgan fingerprint density at radius 2 is 0.857 bits per heavy atom. The van der Waals surface area contributed by atoms with Crippen LogP contribution in [0, 0.1) is 0 Å². The van der Waals surface area contributed by atoms with E-state index in [0.717, 1.165) is 0 Å². The molecular formula is FeO4SiW. The van der Waals surface area contributed by atoms with Crippen molar-refractivity contribution in [3.05, 3.63) is 0 Å². The Bertz CT molecular complexity index is 27.2. The van der Waals surface area contributed by atoms with E-state index in [-0.39, 0.29) is 38.1 Å². The second-order valence-corrected chi connectivity index (χ2v) is 1.50. The Labute approximate surface area is 66.4 Å². The summed E-state index contributed by atoms with van der Waals surface area (Å²) in [6.07, 6.45) is 0. The van der Waals surface area contributed by atoms with Gasteiger partial charge in [-0.3, -0.25) is 0 Å².